The van der Waals surface area contributed by atoms with Crippen LogP contribution < -0.4 is 0 Å². The smallest absolute Gasteiger partial charge is 0.229 e. The molecule has 0 spiro atoms. The van der Waals surface area contributed by atoms with E-state index in [0.717, 1.165) is 11.3 Å². The molecule has 106 valence electrons. The van der Waals surface area contributed by atoms with Crippen LogP contribution in [0.2, 0.25) is 0 Å². The number of rotatable bonds is 5. The third-order valence-electron chi connectivity index (χ3n) is 3.15. The van der Waals surface area contributed by atoms with Gasteiger partial charge in [-0.05, 0) is 26.3 Å². The summed E-state index contributed by atoms with van der Waals surface area (Å²) in [6, 6.07) is 12.0. The van der Waals surface area contributed by atoms with Crippen LogP contribution in [-0.4, -0.2) is 22.0 Å². The number of hydrogen-bond donors (Lipinski definition) is 0. The van der Waals surface area contributed by atoms with Crippen LogP contribution in [0.5, 0.6) is 0 Å². The molecule has 0 aliphatic rings. The quantitative estimate of drug-likeness (QED) is 0.840. The Hall–Kier alpha value is -2.10. The van der Waals surface area contributed by atoms with Gasteiger partial charge in [-0.3, -0.25) is 4.79 Å². The van der Waals surface area contributed by atoms with Crippen molar-refractivity contribution in [2.45, 2.75) is 39.8 Å². The van der Waals surface area contributed by atoms with E-state index in [1.165, 1.54) is 0 Å². The SMILES string of the molecule is Cc1cc(CC(=O)N(Cc2ccccc2)C(C)C)no1. The van der Waals surface area contributed by atoms with Crippen LogP contribution in [0.25, 0.3) is 0 Å². The fraction of sp³-hybridized carbons (Fsp3) is 0.375. The molecule has 0 bridgehead atoms. The molecule has 20 heavy (non-hydrogen) atoms. The summed E-state index contributed by atoms with van der Waals surface area (Å²) in [6.07, 6.45) is 0.280. The molecule has 0 fully saturated rings. The molecule has 2 rings (SSSR count). The Bertz CT molecular complexity index is 561. The van der Waals surface area contributed by atoms with Crippen molar-refractivity contribution in [2.75, 3.05) is 0 Å². The summed E-state index contributed by atoms with van der Waals surface area (Å²) in [5.74, 6) is 0.795. The first-order valence-corrected chi connectivity index (χ1v) is 6.82. The molecule has 4 heteroatoms. The second-order valence-electron chi connectivity index (χ2n) is 5.21. The summed E-state index contributed by atoms with van der Waals surface area (Å²) in [4.78, 5) is 14.3. The van der Waals surface area contributed by atoms with Crippen LogP contribution in [0.1, 0.15) is 30.9 Å². The first kappa shape index (κ1) is 14.3. The van der Waals surface area contributed by atoms with Gasteiger partial charge in [0.15, 0.2) is 0 Å². The maximum Gasteiger partial charge on any atom is 0.229 e. The monoisotopic (exact) mass is 272 g/mol. The lowest BCUT2D eigenvalue weighted by atomic mass is 10.1. The minimum atomic E-state index is 0.0668. The Labute approximate surface area is 119 Å². The second-order valence-corrected chi connectivity index (χ2v) is 5.21. The molecule has 1 heterocycles. The lowest BCUT2D eigenvalue weighted by Gasteiger charge is -2.26. The van der Waals surface area contributed by atoms with Crippen LogP contribution in [0.4, 0.5) is 0 Å². The van der Waals surface area contributed by atoms with E-state index in [2.05, 4.69) is 5.16 Å². The predicted molar refractivity (Wildman–Crippen MR) is 77.1 cm³/mol. The van der Waals surface area contributed by atoms with Crippen molar-refractivity contribution in [1.29, 1.82) is 0 Å². The van der Waals surface area contributed by atoms with Crippen molar-refractivity contribution in [3.8, 4) is 0 Å². The second kappa shape index (κ2) is 6.37. The summed E-state index contributed by atoms with van der Waals surface area (Å²) in [6.45, 7) is 6.49. The van der Waals surface area contributed by atoms with E-state index >= 15 is 0 Å². The largest absolute Gasteiger partial charge is 0.361 e. The van der Waals surface area contributed by atoms with Gasteiger partial charge in [0.1, 0.15) is 5.76 Å². The molecule has 0 radical (unpaired) electrons. The highest BCUT2D eigenvalue weighted by Crippen LogP contribution is 2.11. The summed E-state index contributed by atoms with van der Waals surface area (Å²) >= 11 is 0. The van der Waals surface area contributed by atoms with Crippen molar-refractivity contribution >= 4 is 5.91 Å². The topological polar surface area (TPSA) is 46.3 Å². The van der Waals surface area contributed by atoms with Crippen molar-refractivity contribution in [1.82, 2.24) is 10.1 Å². The zero-order chi connectivity index (χ0) is 14.5. The normalized spacial score (nSPS) is 10.8. The van der Waals surface area contributed by atoms with Crippen molar-refractivity contribution in [3.63, 3.8) is 0 Å². The van der Waals surface area contributed by atoms with E-state index in [4.69, 9.17) is 4.52 Å². The van der Waals surface area contributed by atoms with Crippen molar-refractivity contribution in [3.05, 3.63) is 53.4 Å². The van der Waals surface area contributed by atoms with Crippen molar-refractivity contribution < 1.29 is 9.32 Å². The number of hydrogen-bond acceptors (Lipinski definition) is 3. The number of benzene rings is 1. The van der Waals surface area contributed by atoms with Gasteiger partial charge in [0.05, 0.1) is 12.1 Å². The molecular weight excluding hydrogens is 252 g/mol. The fourth-order valence-corrected chi connectivity index (χ4v) is 2.10. The van der Waals surface area contributed by atoms with Crippen LogP contribution in [0.3, 0.4) is 0 Å². The number of carbonyl (C=O) groups is 1. The van der Waals surface area contributed by atoms with Gasteiger partial charge in [-0.1, -0.05) is 35.5 Å². The van der Waals surface area contributed by atoms with Gasteiger partial charge in [0, 0.05) is 18.7 Å². The highest BCUT2D eigenvalue weighted by atomic mass is 16.5. The molecular formula is C16H20N2O2. The Balaban J connectivity index is 2.06. The van der Waals surface area contributed by atoms with Gasteiger partial charge in [-0.25, -0.2) is 0 Å². The molecule has 0 aliphatic heterocycles. The van der Waals surface area contributed by atoms with E-state index in [9.17, 15) is 4.79 Å². The van der Waals surface area contributed by atoms with Crippen LogP contribution in [0.15, 0.2) is 40.9 Å². The third kappa shape index (κ3) is 3.70. The molecule has 1 amide bonds. The summed E-state index contributed by atoms with van der Waals surface area (Å²) in [7, 11) is 0. The minimum absolute atomic E-state index is 0.0668. The van der Waals surface area contributed by atoms with E-state index in [1.54, 1.807) is 6.07 Å². The standard InChI is InChI=1S/C16H20N2O2/c1-12(2)18(11-14-7-5-4-6-8-14)16(19)10-15-9-13(3)20-17-15/h4-9,12H,10-11H2,1-3H3. The lowest BCUT2D eigenvalue weighted by Crippen LogP contribution is -2.37. The summed E-state index contributed by atoms with van der Waals surface area (Å²) in [5.41, 5.74) is 1.82. The fourth-order valence-electron chi connectivity index (χ4n) is 2.10. The van der Waals surface area contributed by atoms with Gasteiger partial charge in [-0.2, -0.15) is 0 Å². The lowest BCUT2D eigenvalue weighted by molar-refractivity contribution is -0.132. The van der Waals surface area contributed by atoms with Gasteiger partial charge < -0.3 is 9.42 Å². The summed E-state index contributed by atoms with van der Waals surface area (Å²) < 4.78 is 5.00. The minimum Gasteiger partial charge on any atom is -0.361 e. The zero-order valence-electron chi connectivity index (χ0n) is 12.2. The highest BCUT2D eigenvalue weighted by Gasteiger charge is 2.19. The van der Waals surface area contributed by atoms with Gasteiger partial charge >= 0.3 is 0 Å². The number of nitrogens with zero attached hydrogens (tertiary/aromatic N) is 2. The highest BCUT2D eigenvalue weighted by molar-refractivity contribution is 5.78. The molecule has 0 atom stereocenters. The molecule has 4 nitrogen and oxygen atoms in total. The average Bonchev–Trinajstić information content (AvgIpc) is 2.82. The van der Waals surface area contributed by atoms with Crippen LogP contribution >= 0.6 is 0 Å². The average molecular weight is 272 g/mol. The number of aromatic nitrogens is 1. The Morgan fingerprint density at radius 3 is 2.55 bits per heavy atom. The van der Waals surface area contributed by atoms with Gasteiger partial charge in [0.25, 0.3) is 0 Å². The van der Waals surface area contributed by atoms with Gasteiger partial charge in [-0.15, -0.1) is 0 Å². The number of carbonyl (C=O) groups excluding carboxylic acids is 1. The molecule has 1 aromatic carbocycles. The zero-order valence-corrected chi connectivity index (χ0v) is 12.2. The molecule has 0 aliphatic carbocycles. The Morgan fingerprint density at radius 2 is 2.00 bits per heavy atom. The number of amides is 1. The van der Waals surface area contributed by atoms with Gasteiger partial charge in [0.2, 0.25) is 5.91 Å². The maximum atomic E-state index is 12.4. The summed E-state index contributed by atoms with van der Waals surface area (Å²) in [5, 5.41) is 3.88. The molecule has 1 aromatic heterocycles. The van der Waals surface area contributed by atoms with E-state index in [0.29, 0.717) is 12.2 Å². The predicted octanol–water partition coefficient (Wildman–Crippen LogP) is 2.96. The molecule has 2 aromatic rings. The molecule has 0 saturated heterocycles. The maximum absolute atomic E-state index is 12.4. The Kier molecular flexibility index (Phi) is 4.56. The van der Waals surface area contributed by atoms with E-state index in [-0.39, 0.29) is 18.4 Å². The van der Waals surface area contributed by atoms with E-state index in [1.807, 2.05) is 56.0 Å². The van der Waals surface area contributed by atoms with Crippen LogP contribution in [0, 0.1) is 6.92 Å². The number of aryl methyl sites for hydroxylation is 1. The third-order valence-corrected chi connectivity index (χ3v) is 3.15. The van der Waals surface area contributed by atoms with Crippen LogP contribution in [-0.2, 0) is 17.8 Å². The van der Waals surface area contributed by atoms with Crippen molar-refractivity contribution in [2.24, 2.45) is 0 Å². The Morgan fingerprint density at radius 1 is 1.30 bits per heavy atom. The molecule has 0 unspecified atom stereocenters. The first-order valence-electron chi connectivity index (χ1n) is 6.82. The molecule has 0 saturated carbocycles. The molecule has 0 N–H and O–H groups in total. The van der Waals surface area contributed by atoms with E-state index < -0.39 is 0 Å². The first-order chi connectivity index (χ1) is 9.56.